The maximum absolute atomic E-state index is 11.7. The number of allylic oxidation sites excluding steroid dienone is 5. The molecule has 0 N–H and O–H groups in total. The van der Waals surface area contributed by atoms with Crippen LogP contribution in [-0.2, 0) is 0 Å². The van der Waals surface area contributed by atoms with Crippen LogP contribution in [-0.4, -0.2) is 5.78 Å². The molecule has 1 rings (SSSR count). The minimum absolute atomic E-state index is 0.0214. The van der Waals surface area contributed by atoms with Crippen LogP contribution < -0.4 is 0 Å². The van der Waals surface area contributed by atoms with E-state index in [1.54, 1.807) is 18.2 Å². The Hall–Kier alpha value is -1.89. The third kappa shape index (κ3) is 3.70. The fraction of sp³-hybridized carbons (Fsp3) is 0.133. The smallest absolute Gasteiger partial charge is 0.185 e. The summed E-state index contributed by atoms with van der Waals surface area (Å²) in [6, 6.07) is 7.55. The van der Waals surface area contributed by atoms with Crippen LogP contribution in [0.2, 0.25) is 0 Å². The molecule has 16 heavy (non-hydrogen) atoms. The van der Waals surface area contributed by atoms with Crippen molar-refractivity contribution in [2.24, 2.45) is 0 Å². The number of ketones is 1. The molecule has 1 heteroatoms. The van der Waals surface area contributed by atoms with E-state index in [-0.39, 0.29) is 5.78 Å². The molecule has 0 spiro atoms. The zero-order chi connectivity index (χ0) is 12.0. The van der Waals surface area contributed by atoms with Crippen molar-refractivity contribution < 1.29 is 4.79 Å². The Morgan fingerprint density at radius 1 is 1.25 bits per heavy atom. The molecule has 0 heterocycles. The van der Waals surface area contributed by atoms with Crippen LogP contribution in [0.15, 0.2) is 60.7 Å². The topological polar surface area (TPSA) is 17.1 Å². The summed E-state index contributed by atoms with van der Waals surface area (Å²) in [4.78, 5) is 11.7. The number of hydrogen-bond donors (Lipinski definition) is 0. The molecular formula is C15H16O. The molecular weight excluding hydrogens is 196 g/mol. The quantitative estimate of drug-likeness (QED) is 0.420. The summed E-state index contributed by atoms with van der Waals surface area (Å²) in [5, 5.41) is 0. The molecule has 0 unspecified atom stereocenters. The van der Waals surface area contributed by atoms with Crippen molar-refractivity contribution in [3.8, 4) is 0 Å². The van der Waals surface area contributed by atoms with E-state index in [2.05, 4.69) is 6.58 Å². The highest BCUT2D eigenvalue weighted by molar-refractivity contribution is 6.04. The van der Waals surface area contributed by atoms with Gasteiger partial charge in [-0.15, -0.1) is 0 Å². The Morgan fingerprint density at radius 2 is 1.88 bits per heavy atom. The van der Waals surface area contributed by atoms with Crippen LogP contribution in [0.4, 0.5) is 0 Å². The van der Waals surface area contributed by atoms with Gasteiger partial charge in [-0.25, -0.2) is 0 Å². The lowest BCUT2D eigenvalue weighted by atomic mass is 10.1. The zero-order valence-corrected chi connectivity index (χ0v) is 9.73. The predicted molar refractivity (Wildman–Crippen MR) is 68.6 cm³/mol. The van der Waals surface area contributed by atoms with Crippen molar-refractivity contribution >= 4 is 5.78 Å². The normalized spacial score (nSPS) is 11.8. The summed E-state index contributed by atoms with van der Waals surface area (Å²) in [5.74, 6) is 0.0214. The lowest BCUT2D eigenvalue weighted by molar-refractivity contribution is 0.104. The van der Waals surface area contributed by atoms with Crippen molar-refractivity contribution in [1.29, 1.82) is 0 Å². The highest BCUT2D eigenvalue weighted by Crippen LogP contribution is 2.05. The Bertz CT molecular complexity index is 433. The van der Waals surface area contributed by atoms with Gasteiger partial charge < -0.3 is 0 Å². The molecule has 0 saturated carbocycles. The summed E-state index contributed by atoms with van der Waals surface area (Å²) in [7, 11) is 0. The van der Waals surface area contributed by atoms with Gasteiger partial charge in [-0.1, -0.05) is 60.2 Å². The summed E-state index contributed by atoms with van der Waals surface area (Å²) in [6.45, 7) is 7.58. The maximum Gasteiger partial charge on any atom is 0.185 e. The fourth-order valence-corrected chi connectivity index (χ4v) is 1.17. The highest BCUT2D eigenvalue weighted by Gasteiger charge is 1.99. The Balaban J connectivity index is 2.73. The minimum Gasteiger partial charge on any atom is -0.289 e. The van der Waals surface area contributed by atoms with Crippen LogP contribution in [0.1, 0.15) is 22.8 Å². The van der Waals surface area contributed by atoms with Crippen molar-refractivity contribution in [3.63, 3.8) is 0 Å². The Labute approximate surface area is 96.8 Å². The average Bonchev–Trinajstić information content (AvgIpc) is 2.29. The standard InChI is InChI=1S/C15H16O/c1-4-12(2)6-5-7-15(16)14-10-8-13(3)9-11-14/h4-11H,1H2,2-3H3/b7-5+,12-6-. The van der Waals surface area contributed by atoms with E-state index in [0.29, 0.717) is 5.56 Å². The maximum atomic E-state index is 11.7. The summed E-state index contributed by atoms with van der Waals surface area (Å²) in [5.41, 5.74) is 2.90. The lowest BCUT2D eigenvalue weighted by Crippen LogP contribution is -1.93. The van der Waals surface area contributed by atoms with E-state index in [1.807, 2.05) is 44.2 Å². The number of benzene rings is 1. The first-order valence-electron chi connectivity index (χ1n) is 5.22. The van der Waals surface area contributed by atoms with E-state index >= 15 is 0 Å². The zero-order valence-electron chi connectivity index (χ0n) is 9.73. The largest absolute Gasteiger partial charge is 0.289 e. The molecule has 0 bridgehead atoms. The van der Waals surface area contributed by atoms with E-state index in [1.165, 1.54) is 0 Å². The molecule has 0 aliphatic heterocycles. The SMILES string of the molecule is C=C/C(C)=C\C=C\C(=O)c1ccc(C)cc1. The number of hydrogen-bond acceptors (Lipinski definition) is 1. The van der Waals surface area contributed by atoms with Gasteiger partial charge in [0, 0.05) is 5.56 Å². The molecule has 0 aliphatic rings. The van der Waals surface area contributed by atoms with Crippen molar-refractivity contribution in [2.75, 3.05) is 0 Å². The van der Waals surface area contributed by atoms with Gasteiger partial charge in [-0.3, -0.25) is 4.79 Å². The first-order chi connectivity index (χ1) is 7.63. The fourth-order valence-electron chi connectivity index (χ4n) is 1.17. The molecule has 0 aliphatic carbocycles. The van der Waals surface area contributed by atoms with Crippen LogP contribution in [0.3, 0.4) is 0 Å². The summed E-state index contributed by atoms with van der Waals surface area (Å²) < 4.78 is 0. The molecule has 0 amide bonds. The molecule has 0 saturated heterocycles. The number of aryl methyl sites for hydroxylation is 1. The Kier molecular flexibility index (Phi) is 4.46. The Morgan fingerprint density at radius 3 is 2.44 bits per heavy atom. The van der Waals surface area contributed by atoms with Gasteiger partial charge in [0.25, 0.3) is 0 Å². The summed E-state index contributed by atoms with van der Waals surface area (Å²) >= 11 is 0. The van der Waals surface area contributed by atoms with Gasteiger partial charge in [0.15, 0.2) is 5.78 Å². The van der Waals surface area contributed by atoms with Crippen LogP contribution in [0.25, 0.3) is 0 Å². The second-order valence-electron chi connectivity index (χ2n) is 3.70. The lowest BCUT2D eigenvalue weighted by Gasteiger charge is -1.95. The van der Waals surface area contributed by atoms with Gasteiger partial charge in [0.2, 0.25) is 0 Å². The third-order valence-electron chi connectivity index (χ3n) is 2.26. The van der Waals surface area contributed by atoms with Crippen LogP contribution in [0, 0.1) is 6.92 Å². The molecule has 0 radical (unpaired) electrons. The van der Waals surface area contributed by atoms with E-state index in [4.69, 9.17) is 0 Å². The van der Waals surface area contributed by atoms with Gasteiger partial charge in [-0.2, -0.15) is 0 Å². The molecule has 1 nitrogen and oxygen atoms in total. The molecule has 82 valence electrons. The number of rotatable bonds is 4. The second kappa shape index (κ2) is 5.86. The molecule has 0 fully saturated rings. The van der Waals surface area contributed by atoms with E-state index < -0.39 is 0 Å². The van der Waals surface area contributed by atoms with Crippen LogP contribution >= 0.6 is 0 Å². The number of carbonyl (C=O) groups excluding carboxylic acids is 1. The molecule has 0 aromatic heterocycles. The predicted octanol–water partition coefficient (Wildman–Crippen LogP) is 3.87. The number of carbonyl (C=O) groups is 1. The van der Waals surface area contributed by atoms with Gasteiger partial charge >= 0.3 is 0 Å². The molecule has 1 aromatic carbocycles. The molecule has 1 aromatic rings. The van der Waals surface area contributed by atoms with E-state index in [0.717, 1.165) is 11.1 Å². The third-order valence-corrected chi connectivity index (χ3v) is 2.26. The first-order valence-corrected chi connectivity index (χ1v) is 5.22. The van der Waals surface area contributed by atoms with E-state index in [9.17, 15) is 4.79 Å². The first kappa shape index (κ1) is 12.2. The minimum atomic E-state index is 0.0214. The summed E-state index contributed by atoms with van der Waals surface area (Å²) in [6.07, 6.45) is 6.93. The van der Waals surface area contributed by atoms with Gasteiger partial charge in [0.05, 0.1) is 0 Å². The average molecular weight is 212 g/mol. The van der Waals surface area contributed by atoms with Gasteiger partial charge in [0.1, 0.15) is 0 Å². The van der Waals surface area contributed by atoms with Crippen molar-refractivity contribution in [3.05, 3.63) is 71.8 Å². The van der Waals surface area contributed by atoms with Crippen molar-refractivity contribution in [2.45, 2.75) is 13.8 Å². The highest BCUT2D eigenvalue weighted by atomic mass is 16.1. The second-order valence-corrected chi connectivity index (χ2v) is 3.70. The van der Waals surface area contributed by atoms with Crippen LogP contribution in [0.5, 0.6) is 0 Å². The van der Waals surface area contributed by atoms with Crippen molar-refractivity contribution in [1.82, 2.24) is 0 Å². The monoisotopic (exact) mass is 212 g/mol. The molecule has 0 atom stereocenters. The van der Waals surface area contributed by atoms with Gasteiger partial charge in [-0.05, 0) is 19.9 Å².